The number of benzene rings is 1. The van der Waals surface area contributed by atoms with Crippen LogP contribution >= 0.6 is 11.6 Å². The van der Waals surface area contributed by atoms with Crippen LogP contribution in [0.2, 0.25) is 5.02 Å². The van der Waals surface area contributed by atoms with Crippen molar-refractivity contribution in [1.29, 1.82) is 5.26 Å². The van der Waals surface area contributed by atoms with Gasteiger partial charge < -0.3 is 10.1 Å². The molecule has 0 saturated heterocycles. The Bertz CT molecular complexity index is 460. The van der Waals surface area contributed by atoms with Crippen LogP contribution in [0.1, 0.15) is 6.92 Å². The molecule has 0 aliphatic carbocycles. The van der Waals surface area contributed by atoms with E-state index in [0.29, 0.717) is 17.3 Å². The van der Waals surface area contributed by atoms with Gasteiger partial charge in [0.25, 0.3) is 5.91 Å². The van der Waals surface area contributed by atoms with Crippen molar-refractivity contribution in [3.8, 4) is 6.07 Å². The first-order valence-corrected chi connectivity index (χ1v) is 5.34. The lowest BCUT2D eigenvalue weighted by atomic mass is 10.2. The molecule has 17 heavy (non-hydrogen) atoms. The Kier molecular flexibility index (Phi) is 5.05. The molecule has 0 fully saturated rings. The molecular formula is C12H11ClN2O2. The van der Waals surface area contributed by atoms with Gasteiger partial charge in [-0.3, -0.25) is 4.79 Å². The predicted octanol–water partition coefficient (Wildman–Crippen LogP) is 2.72. The molecule has 0 aromatic heterocycles. The standard InChI is InChI=1S/C12H11ClN2O2/c1-2-17-8-9(7-14)12(16)15-11-5-3-10(13)4-6-11/h3-6,8H,2H2,1H3,(H,15,16). The van der Waals surface area contributed by atoms with Crippen LogP contribution in [0.5, 0.6) is 0 Å². The van der Waals surface area contributed by atoms with E-state index in [1.807, 2.05) is 0 Å². The molecule has 5 heteroatoms. The summed E-state index contributed by atoms with van der Waals surface area (Å²) in [5.41, 5.74) is 0.485. The van der Waals surface area contributed by atoms with E-state index in [2.05, 4.69) is 5.32 Å². The van der Waals surface area contributed by atoms with Gasteiger partial charge in [-0.2, -0.15) is 5.26 Å². The summed E-state index contributed by atoms with van der Waals surface area (Å²) in [6, 6.07) is 8.36. The Morgan fingerprint density at radius 3 is 2.71 bits per heavy atom. The number of nitriles is 1. The maximum Gasteiger partial charge on any atom is 0.269 e. The number of carbonyl (C=O) groups excluding carboxylic acids is 1. The summed E-state index contributed by atoms with van der Waals surface area (Å²) in [7, 11) is 0. The van der Waals surface area contributed by atoms with Gasteiger partial charge in [-0.1, -0.05) is 11.6 Å². The number of amides is 1. The van der Waals surface area contributed by atoms with E-state index in [4.69, 9.17) is 21.6 Å². The quantitative estimate of drug-likeness (QED) is 0.508. The summed E-state index contributed by atoms with van der Waals surface area (Å²) in [5.74, 6) is -0.511. The predicted molar refractivity (Wildman–Crippen MR) is 65.4 cm³/mol. The SMILES string of the molecule is CCOC=C(C#N)C(=O)Nc1ccc(Cl)cc1. The summed E-state index contributed by atoms with van der Waals surface area (Å²) in [5, 5.41) is 11.9. The van der Waals surface area contributed by atoms with Crippen LogP contribution in [0.25, 0.3) is 0 Å². The minimum atomic E-state index is -0.511. The lowest BCUT2D eigenvalue weighted by Gasteiger charge is -2.04. The van der Waals surface area contributed by atoms with Crippen molar-refractivity contribution in [3.05, 3.63) is 41.1 Å². The number of rotatable bonds is 4. The van der Waals surface area contributed by atoms with Crippen LogP contribution in [0.4, 0.5) is 5.69 Å². The third kappa shape index (κ3) is 4.17. The first-order chi connectivity index (χ1) is 8.17. The number of anilines is 1. The zero-order valence-corrected chi connectivity index (χ0v) is 9.99. The van der Waals surface area contributed by atoms with E-state index < -0.39 is 5.91 Å². The summed E-state index contributed by atoms with van der Waals surface area (Å²) in [6.07, 6.45) is 1.14. The lowest BCUT2D eigenvalue weighted by molar-refractivity contribution is -0.112. The molecule has 1 aromatic rings. The fraction of sp³-hybridized carbons (Fsp3) is 0.167. The molecule has 1 rings (SSSR count). The van der Waals surface area contributed by atoms with Crippen LogP contribution in [0.15, 0.2) is 36.1 Å². The summed E-state index contributed by atoms with van der Waals surface area (Å²) in [6.45, 7) is 2.17. The van der Waals surface area contributed by atoms with E-state index in [0.717, 1.165) is 6.26 Å². The van der Waals surface area contributed by atoms with Crippen LogP contribution in [0, 0.1) is 11.3 Å². The summed E-state index contributed by atoms with van der Waals surface area (Å²) >= 11 is 5.71. The molecule has 1 amide bonds. The van der Waals surface area contributed by atoms with Gasteiger partial charge in [-0.15, -0.1) is 0 Å². The Morgan fingerprint density at radius 1 is 1.53 bits per heavy atom. The largest absolute Gasteiger partial charge is 0.500 e. The fourth-order valence-corrected chi connectivity index (χ4v) is 1.15. The molecule has 88 valence electrons. The topological polar surface area (TPSA) is 62.1 Å². The highest BCUT2D eigenvalue weighted by Gasteiger charge is 2.09. The number of nitrogens with one attached hydrogen (secondary N) is 1. The van der Waals surface area contributed by atoms with Crippen molar-refractivity contribution in [2.24, 2.45) is 0 Å². The molecule has 0 aliphatic heterocycles. The molecule has 4 nitrogen and oxygen atoms in total. The number of nitrogens with zero attached hydrogens (tertiary/aromatic N) is 1. The second kappa shape index (κ2) is 6.56. The monoisotopic (exact) mass is 250 g/mol. The van der Waals surface area contributed by atoms with Gasteiger partial charge in [0, 0.05) is 10.7 Å². The first kappa shape index (κ1) is 13.1. The van der Waals surface area contributed by atoms with Gasteiger partial charge in [0.15, 0.2) is 5.57 Å². The highest BCUT2D eigenvalue weighted by atomic mass is 35.5. The molecule has 0 aliphatic rings. The van der Waals surface area contributed by atoms with E-state index >= 15 is 0 Å². The smallest absolute Gasteiger partial charge is 0.269 e. The maximum atomic E-state index is 11.6. The molecule has 1 N–H and O–H groups in total. The highest BCUT2D eigenvalue weighted by molar-refractivity contribution is 6.30. The van der Waals surface area contributed by atoms with Gasteiger partial charge in [0.2, 0.25) is 0 Å². The number of halogens is 1. The number of carbonyl (C=O) groups is 1. The molecule has 0 bridgehead atoms. The van der Waals surface area contributed by atoms with Crippen molar-refractivity contribution in [2.75, 3.05) is 11.9 Å². The Hall–Kier alpha value is -1.99. The summed E-state index contributed by atoms with van der Waals surface area (Å²) < 4.78 is 4.90. The average molecular weight is 251 g/mol. The van der Waals surface area contributed by atoms with Gasteiger partial charge >= 0.3 is 0 Å². The Morgan fingerprint density at radius 2 is 2.18 bits per heavy atom. The molecular weight excluding hydrogens is 240 g/mol. The maximum absolute atomic E-state index is 11.6. The second-order valence-corrected chi connectivity index (χ2v) is 3.50. The highest BCUT2D eigenvalue weighted by Crippen LogP contribution is 2.14. The van der Waals surface area contributed by atoms with Gasteiger partial charge in [-0.25, -0.2) is 0 Å². The second-order valence-electron chi connectivity index (χ2n) is 3.06. The fourth-order valence-electron chi connectivity index (χ4n) is 1.03. The molecule has 0 unspecified atom stereocenters. The van der Waals surface area contributed by atoms with Crippen molar-refractivity contribution >= 4 is 23.2 Å². The van der Waals surface area contributed by atoms with E-state index in [-0.39, 0.29) is 5.57 Å². The van der Waals surface area contributed by atoms with Crippen LogP contribution in [-0.4, -0.2) is 12.5 Å². The van der Waals surface area contributed by atoms with Crippen molar-refractivity contribution in [2.45, 2.75) is 6.92 Å². The third-order valence-electron chi connectivity index (χ3n) is 1.84. The van der Waals surface area contributed by atoms with Crippen LogP contribution in [-0.2, 0) is 9.53 Å². The van der Waals surface area contributed by atoms with Crippen molar-refractivity contribution in [3.63, 3.8) is 0 Å². The number of hydrogen-bond donors (Lipinski definition) is 1. The number of ether oxygens (including phenoxy) is 1. The van der Waals surface area contributed by atoms with E-state index in [1.54, 1.807) is 37.3 Å². The molecule has 0 heterocycles. The number of hydrogen-bond acceptors (Lipinski definition) is 3. The molecule has 0 radical (unpaired) electrons. The lowest BCUT2D eigenvalue weighted by Crippen LogP contribution is -2.13. The Balaban J connectivity index is 2.71. The average Bonchev–Trinajstić information content (AvgIpc) is 2.33. The van der Waals surface area contributed by atoms with Gasteiger partial charge in [0.05, 0.1) is 6.61 Å². The van der Waals surface area contributed by atoms with Crippen LogP contribution < -0.4 is 5.32 Å². The van der Waals surface area contributed by atoms with E-state index in [9.17, 15) is 4.79 Å². The molecule has 1 aromatic carbocycles. The normalized spacial score (nSPS) is 10.5. The Labute approximate surface area is 104 Å². The van der Waals surface area contributed by atoms with Crippen molar-refractivity contribution < 1.29 is 9.53 Å². The van der Waals surface area contributed by atoms with Crippen molar-refractivity contribution in [1.82, 2.24) is 0 Å². The zero-order chi connectivity index (χ0) is 12.7. The summed E-state index contributed by atoms with van der Waals surface area (Å²) in [4.78, 5) is 11.6. The minimum absolute atomic E-state index is 0.0817. The van der Waals surface area contributed by atoms with E-state index in [1.165, 1.54) is 0 Å². The van der Waals surface area contributed by atoms with Crippen LogP contribution in [0.3, 0.4) is 0 Å². The van der Waals surface area contributed by atoms with Gasteiger partial charge in [-0.05, 0) is 31.2 Å². The zero-order valence-electron chi connectivity index (χ0n) is 9.24. The molecule has 0 atom stereocenters. The third-order valence-corrected chi connectivity index (χ3v) is 2.09. The molecule has 0 spiro atoms. The first-order valence-electron chi connectivity index (χ1n) is 4.96. The minimum Gasteiger partial charge on any atom is -0.500 e. The van der Waals surface area contributed by atoms with Gasteiger partial charge in [0.1, 0.15) is 12.3 Å². The molecule has 0 saturated carbocycles.